The van der Waals surface area contributed by atoms with Crippen molar-refractivity contribution in [1.82, 2.24) is 14.1 Å². The fourth-order valence-electron chi connectivity index (χ4n) is 5.16. The lowest BCUT2D eigenvalue weighted by atomic mass is 10.0. The van der Waals surface area contributed by atoms with Crippen LogP contribution >= 0.6 is 11.3 Å². The number of carbonyl (C=O) groups is 2. The van der Waals surface area contributed by atoms with Gasteiger partial charge in [-0.25, -0.2) is 8.42 Å². The molecule has 1 aromatic carbocycles. The Morgan fingerprint density at radius 3 is 2.62 bits per heavy atom. The van der Waals surface area contributed by atoms with E-state index in [1.807, 2.05) is 32.8 Å². The van der Waals surface area contributed by atoms with Crippen LogP contribution < -0.4 is 10.1 Å². The van der Waals surface area contributed by atoms with Gasteiger partial charge in [0, 0.05) is 44.8 Å². The van der Waals surface area contributed by atoms with Crippen molar-refractivity contribution in [1.29, 1.82) is 0 Å². The van der Waals surface area contributed by atoms with Gasteiger partial charge < -0.3 is 29.7 Å². The fourth-order valence-corrected chi connectivity index (χ4v) is 7.54. The molecule has 0 radical (unpaired) electrons. The third kappa shape index (κ3) is 10.8. The number of benzene rings is 1. The second-order valence-electron chi connectivity index (χ2n) is 12.2. The van der Waals surface area contributed by atoms with E-state index in [1.54, 1.807) is 54.6 Å². The van der Waals surface area contributed by atoms with Gasteiger partial charge in [0.1, 0.15) is 9.96 Å². The van der Waals surface area contributed by atoms with Crippen molar-refractivity contribution in [2.45, 2.75) is 75.3 Å². The van der Waals surface area contributed by atoms with Crippen molar-refractivity contribution >= 4 is 38.9 Å². The summed E-state index contributed by atoms with van der Waals surface area (Å²) in [6.07, 6.45) is 2.67. The van der Waals surface area contributed by atoms with Crippen LogP contribution in [0.25, 0.3) is 0 Å². The molecule has 0 fully saturated rings. The van der Waals surface area contributed by atoms with E-state index in [-0.39, 0.29) is 53.3 Å². The van der Waals surface area contributed by atoms with Gasteiger partial charge in [-0.3, -0.25) is 9.59 Å². The van der Waals surface area contributed by atoms with Gasteiger partial charge in [0.15, 0.2) is 0 Å². The molecule has 1 aliphatic rings. The molecule has 0 saturated heterocycles. The van der Waals surface area contributed by atoms with Crippen LogP contribution in [0.1, 0.15) is 63.2 Å². The van der Waals surface area contributed by atoms with Crippen LogP contribution in [-0.4, -0.2) is 112 Å². The first-order chi connectivity index (χ1) is 21.3. The highest BCUT2D eigenvalue weighted by Crippen LogP contribution is 2.29. The summed E-state index contributed by atoms with van der Waals surface area (Å²) in [4.78, 5) is 30.5. The van der Waals surface area contributed by atoms with Crippen molar-refractivity contribution < 1.29 is 32.6 Å². The van der Waals surface area contributed by atoms with Crippen LogP contribution in [0.2, 0.25) is 0 Å². The molecule has 0 spiro atoms. The molecular formula is C32H50N4O7S2. The van der Waals surface area contributed by atoms with Crippen LogP contribution in [0.3, 0.4) is 0 Å². The minimum Gasteiger partial charge on any atom is -0.490 e. The largest absolute Gasteiger partial charge is 0.490 e. The lowest BCUT2D eigenvalue weighted by Gasteiger charge is -2.35. The van der Waals surface area contributed by atoms with E-state index >= 15 is 0 Å². The number of nitrogens with one attached hydrogen (secondary N) is 1. The highest BCUT2D eigenvalue weighted by Gasteiger charge is 2.32. The minimum atomic E-state index is -3.70. The molecule has 1 aliphatic heterocycles. The van der Waals surface area contributed by atoms with E-state index in [0.717, 1.165) is 37.1 Å². The van der Waals surface area contributed by atoms with Crippen LogP contribution in [0, 0.1) is 5.92 Å². The minimum absolute atomic E-state index is 0.108. The number of anilines is 1. The van der Waals surface area contributed by atoms with Crippen LogP contribution in [0.4, 0.5) is 5.69 Å². The molecule has 2 N–H and O–H groups in total. The third-order valence-electron chi connectivity index (χ3n) is 7.94. The Morgan fingerprint density at radius 2 is 1.96 bits per heavy atom. The van der Waals surface area contributed by atoms with Gasteiger partial charge >= 0.3 is 0 Å². The molecule has 4 atom stereocenters. The summed E-state index contributed by atoms with van der Waals surface area (Å²) < 4.78 is 40.5. The molecular weight excluding hydrogens is 617 g/mol. The number of aliphatic hydroxyl groups excluding tert-OH is 1. The lowest BCUT2D eigenvalue weighted by molar-refractivity contribution is -0.116. The number of carbonyl (C=O) groups excluding carboxylic acids is 2. The summed E-state index contributed by atoms with van der Waals surface area (Å²) in [7, 11) is 1.76. The third-order valence-corrected chi connectivity index (χ3v) is 11.1. The number of hydrogen-bond donors (Lipinski definition) is 2. The number of thiophene rings is 1. The summed E-state index contributed by atoms with van der Waals surface area (Å²) in [5.41, 5.74) is 0.771. The molecule has 2 aromatic rings. The Kier molecular flexibility index (Phi) is 14.3. The van der Waals surface area contributed by atoms with Gasteiger partial charge in [0.05, 0.1) is 30.4 Å². The number of fused-ring (bicyclic) bond motifs is 1. The topological polar surface area (TPSA) is 129 Å². The van der Waals surface area contributed by atoms with Gasteiger partial charge in [0.2, 0.25) is 5.91 Å². The molecule has 3 rings (SSSR count). The Hall–Kier alpha value is -2.55. The monoisotopic (exact) mass is 666 g/mol. The van der Waals surface area contributed by atoms with E-state index < -0.39 is 22.2 Å². The second kappa shape index (κ2) is 17.4. The van der Waals surface area contributed by atoms with Crippen molar-refractivity contribution in [3.63, 3.8) is 0 Å². The van der Waals surface area contributed by atoms with Gasteiger partial charge in [-0.1, -0.05) is 13.0 Å². The molecule has 0 unspecified atom stereocenters. The molecule has 13 heteroatoms. The number of likely N-dealkylation sites (N-methyl/N-ethyl adjacent to an activating group) is 1. The van der Waals surface area contributed by atoms with Crippen molar-refractivity contribution in [2.24, 2.45) is 5.92 Å². The highest BCUT2D eigenvalue weighted by atomic mass is 32.2. The Morgan fingerprint density at radius 1 is 1.20 bits per heavy atom. The Bertz CT molecular complexity index is 1340. The predicted molar refractivity (Wildman–Crippen MR) is 177 cm³/mol. The van der Waals surface area contributed by atoms with E-state index in [0.29, 0.717) is 30.9 Å². The zero-order chi connectivity index (χ0) is 33.1. The molecule has 2 amide bonds. The average molecular weight is 667 g/mol. The first-order valence-electron chi connectivity index (χ1n) is 15.6. The van der Waals surface area contributed by atoms with Crippen molar-refractivity contribution in [3.05, 3.63) is 41.3 Å². The smallest absolute Gasteiger partial charge is 0.258 e. The number of sulfonamides is 1. The average Bonchev–Trinajstić information content (AvgIpc) is 3.54. The molecule has 2 heterocycles. The second-order valence-corrected chi connectivity index (χ2v) is 15.4. The van der Waals surface area contributed by atoms with Gasteiger partial charge in [-0.2, -0.15) is 4.31 Å². The van der Waals surface area contributed by atoms with E-state index in [9.17, 15) is 23.1 Å². The number of hydrogen-bond acceptors (Lipinski definition) is 9. The number of amides is 2. The number of ether oxygens (including phenoxy) is 2. The van der Waals surface area contributed by atoms with Crippen LogP contribution in [0.15, 0.2) is 39.9 Å². The summed E-state index contributed by atoms with van der Waals surface area (Å²) in [5.74, 6) is -0.373. The van der Waals surface area contributed by atoms with Gasteiger partial charge in [-0.05, 0) is 89.8 Å². The molecule has 1 aromatic heterocycles. The van der Waals surface area contributed by atoms with Crippen LogP contribution in [0.5, 0.6) is 5.75 Å². The maximum absolute atomic E-state index is 14.3. The molecule has 0 saturated carbocycles. The number of aliphatic hydroxyl groups is 1. The first-order valence-corrected chi connectivity index (χ1v) is 17.9. The predicted octanol–water partition coefficient (Wildman–Crippen LogP) is 4.14. The molecule has 11 nitrogen and oxygen atoms in total. The zero-order valence-electron chi connectivity index (χ0n) is 27.4. The summed E-state index contributed by atoms with van der Waals surface area (Å²) >= 11 is 1.16. The maximum Gasteiger partial charge on any atom is 0.258 e. The highest BCUT2D eigenvalue weighted by molar-refractivity contribution is 7.91. The molecule has 0 bridgehead atoms. The van der Waals surface area contributed by atoms with Gasteiger partial charge in [0.25, 0.3) is 15.9 Å². The normalized spacial score (nSPS) is 21.2. The Balaban J connectivity index is 1.92. The van der Waals surface area contributed by atoms with Crippen LogP contribution in [-0.2, 0) is 19.6 Å². The quantitative estimate of drug-likeness (QED) is 0.366. The summed E-state index contributed by atoms with van der Waals surface area (Å²) in [6.45, 7) is 6.90. The maximum atomic E-state index is 14.3. The standard InChI is InChI=1S/C32H50N4O7S2/c1-23-20-36(24(2)22-37)32(39)27-19-26(33-30(38)12-9-16-34(4)5)14-15-28(27)43-25(3)11-7-8-17-42-29(23)21-35(6)45(40,41)31-13-10-18-44-31/h10,13-15,18-19,23-25,29,37H,7-9,11-12,16-17,20-22H2,1-6H3,(H,33,38)/t23-,24-,25-,29-/m1/s1. The lowest BCUT2D eigenvalue weighted by Crippen LogP contribution is -2.48. The van der Waals surface area contributed by atoms with E-state index in [2.05, 4.69) is 5.32 Å². The molecule has 0 aliphatic carbocycles. The zero-order valence-corrected chi connectivity index (χ0v) is 29.0. The summed E-state index contributed by atoms with van der Waals surface area (Å²) in [5, 5.41) is 14.8. The SMILES string of the molecule is C[C@@H]1CCCCO[C@H](CN(C)S(=O)(=O)c2cccs2)[C@H](C)CN([C@H](C)CO)C(=O)c2cc(NC(=O)CCCN(C)C)ccc2O1. The fraction of sp³-hybridized carbons (Fsp3) is 0.625. The van der Waals surface area contributed by atoms with Gasteiger partial charge in [-0.15, -0.1) is 11.3 Å². The van der Waals surface area contributed by atoms with E-state index in [1.165, 1.54) is 4.31 Å². The molecule has 252 valence electrons. The number of nitrogens with zero attached hydrogens (tertiary/aromatic N) is 3. The van der Waals surface area contributed by atoms with E-state index in [4.69, 9.17) is 9.47 Å². The first kappa shape index (κ1) is 36.9. The number of rotatable bonds is 11. The van der Waals surface area contributed by atoms with Crippen molar-refractivity contribution in [2.75, 3.05) is 59.3 Å². The van der Waals surface area contributed by atoms with Crippen molar-refractivity contribution in [3.8, 4) is 5.75 Å². The molecule has 45 heavy (non-hydrogen) atoms. The Labute approximate surface area is 272 Å². The summed E-state index contributed by atoms with van der Waals surface area (Å²) in [6, 6.07) is 7.83.